The molecule has 2 saturated heterocycles. The van der Waals surface area contributed by atoms with Crippen LogP contribution in [0.3, 0.4) is 0 Å². The number of nitrogens with two attached hydrogens (primary N) is 2. The van der Waals surface area contributed by atoms with Crippen LogP contribution < -0.4 is 63.8 Å². The van der Waals surface area contributed by atoms with Gasteiger partial charge in [0.1, 0.15) is 76.6 Å². The van der Waals surface area contributed by atoms with Crippen LogP contribution in [0.15, 0.2) is 179 Å². The summed E-state index contributed by atoms with van der Waals surface area (Å²) >= 11 is 6.50. The first-order valence-electron chi connectivity index (χ1n) is 44.0. The van der Waals surface area contributed by atoms with Crippen LogP contribution in [0.25, 0.3) is 5.69 Å². The molecule has 7 N–H and O–H groups in total. The van der Waals surface area contributed by atoms with Crippen LogP contribution in [-0.4, -0.2) is 211 Å². The summed E-state index contributed by atoms with van der Waals surface area (Å²) < 4.78 is 151. The quantitative estimate of drug-likeness (QED) is 0.0118. The predicted octanol–water partition coefficient (Wildman–Crippen LogP) is 19.4. The summed E-state index contributed by atoms with van der Waals surface area (Å²) in [6.07, 6.45) is 4.47. The zero-order chi connectivity index (χ0) is 104. The maximum Gasteiger partial charge on any atom is 2.00 e. The van der Waals surface area contributed by atoms with E-state index in [0.29, 0.717) is 44.9 Å². The molecule has 43 heteroatoms. The van der Waals surface area contributed by atoms with Gasteiger partial charge in [0.05, 0.1) is 51.7 Å². The van der Waals surface area contributed by atoms with Crippen molar-refractivity contribution < 1.29 is 120 Å². The number of nitrogens with one attached hydrogen (secondary N) is 1. The molecule has 0 bridgehead atoms. The van der Waals surface area contributed by atoms with Gasteiger partial charge in [0, 0.05) is 59.1 Å². The summed E-state index contributed by atoms with van der Waals surface area (Å²) in [5.74, 6) is -2.33. The van der Waals surface area contributed by atoms with Crippen LogP contribution in [0.4, 0.5) is 68.4 Å². The van der Waals surface area contributed by atoms with Crippen molar-refractivity contribution in [1.82, 2.24) is 20.0 Å². The number of halogens is 12. The van der Waals surface area contributed by atoms with Gasteiger partial charge in [-0.25, -0.2) is 36.2 Å². The Balaban J connectivity index is -0.000000491. The fraction of sp³-hybridized carbons (Fsp3) is 0.429. The number of carboxylic acid groups (broad SMARTS) is 1. The number of aryl methyl sites for hydroxylation is 1. The van der Waals surface area contributed by atoms with Crippen molar-refractivity contribution >= 4 is 184 Å². The molecule has 2 aliphatic rings. The first-order chi connectivity index (χ1) is 62.7. The number of rotatable bonds is 20. The fourth-order valence-corrected chi connectivity index (χ4v) is 37.0. The molecule has 0 spiro atoms. The Hall–Kier alpha value is -6.70. The number of amides is 1. The summed E-state index contributed by atoms with van der Waals surface area (Å²) in [5.41, 5.74) is 12.1. The average molecular weight is 2370 g/mol. The first kappa shape index (κ1) is 143. The number of nitrogen functional groups attached to an aromatic ring is 2. The molecule has 0 saturated carbocycles. The number of alkyl halides is 3. The molecule has 9 aromatic rings. The number of nitrogens with zero attached hydrogens (tertiary/aromatic N) is 8. The molecule has 2 fully saturated rings. The summed E-state index contributed by atoms with van der Waals surface area (Å²) in [5, 5.41) is 43.3. The molecule has 0 radical (unpaired) electrons. The van der Waals surface area contributed by atoms with Crippen molar-refractivity contribution in [1.29, 1.82) is 10.5 Å². The SMILES string of the molecule is C.C1CCOC1.C1CCOC1.CCN(CC)CC.CN(c1cc(Br)ccc1F)[Si](C)(C)C.C[Si](C)(C)N(c1c[c-]ccc1F)[Si](C)(C)C.C[Si](C)(C)N(c1c[c-]ccc1F)[Si](C)(C)C.C[Si](C)(C)OS(=O)(=O)C(F)(F)F.Cc1cc(C(=O)O)n(-c2cccc(CNC(=O)OC(C)(C)C)c2)n1.N#Cc1ccc(C(O)c2ccc(F)c(N)c2)cc1.N#Cc1ccc(C=O)cc1.Nc1cc(Br)ccc1F.[Br-].[Br-].[Mg+2].[Mg+2]. The number of aromatic carboxylic acids is 1. The Kier molecular flexibility index (Phi) is 68.8. The molecule has 3 heterocycles. The normalized spacial score (nSPS) is 12.1. The number of benzene rings is 8. The van der Waals surface area contributed by atoms with Gasteiger partial charge in [0.15, 0.2) is 5.69 Å². The van der Waals surface area contributed by atoms with E-state index >= 15 is 0 Å². The molecule has 8 aromatic carbocycles. The molecule has 1 amide bonds. The van der Waals surface area contributed by atoms with Crippen molar-refractivity contribution in [3.63, 3.8) is 0 Å². The molecule has 1 atom stereocenters. The van der Waals surface area contributed by atoms with Gasteiger partial charge in [0.2, 0.25) is 8.32 Å². The molecule has 22 nitrogen and oxygen atoms in total. The monoisotopic (exact) mass is 2370 g/mol. The number of alkyl carbamates (subject to hydrolysis) is 1. The number of aliphatic hydroxyl groups is 1. The van der Waals surface area contributed by atoms with E-state index in [-0.39, 0.29) is 134 Å². The number of nitriles is 2. The van der Waals surface area contributed by atoms with E-state index in [4.69, 9.17) is 36.2 Å². The Bertz CT molecular complexity index is 5240. The number of carbonyl (C=O) groups is 3. The van der Waals surface area contributed by atoms with Crippen molar-refractivity contribution in [3.05, 3.63) is 265 Å². The van der Waals surface area contributed by atoms with Gasteiger partial charge in [-0.05, 0) is 207 Å². The first-order valence-corrected chi connectivity index (χ1v) is 67.6. The Labute approximate surface area is 910 Å². The van der Waals surface area contributed by atoms with Crippen molar-refractivity contribution in [2.45, 2.75) is 223 Å². The van der Waals surface area contributed by atoms with Gasteiger partial charge in [-0.3, -0.25) is 4.79 Å². The van der Waals surface area contributed by atoms with Gasteiger partial charge in [-0.15, -0.1) is 12.1 Å². The van der Waals surface area contributed by atoms with Crippen molar-refractivity contribution in [2.24, 2.45) is 0 Å². The molecule has 0 aliphatic carbocycles. The predicted molar refractivity (Wildman–Crippen MR) is 575 cm³/mol. The van der Waals surface area contributed by atoms with E-state index < -0.39 is 94.7 Å². The minimum absolute atomic E-state index is 0. The van der Waals surface area contributed by atoms with Gasteiger partial charge in [-0.1, -0.05) is 212 Å². The standard InChI is InChI=1S/C17H21N3O4.C14H11FN2O.2C12H21FNSi2.C10H15BrFNSi.C8H5NO.C6H5BrFN.C6H15N.C4H9F3O3SSi.2C4H8O.CH4.2BrH.2Mg/c1-11-8-14(15(21)22)20(19-11)13-7-5-6-12(9-13)10-18-16(23)24-17(2,3)4;15-12-6-5-11(7-13(12)17)14(18)10-3-1-9(8-16)2-4-10;2*1-15(2,3)14(16(4,5)6)12-10-8-7-9-11(12)13;1-13(14(2,3)4)10-7-8(11)5-6-9(10)12;9-5-7-1-3-8(6-10)4-2-7;7-4-1-2-5(8)6(9)3-4;1-4-7(5-2)6-3;1-12(2,3)10-11(8,9)4(5,6)7;2*1-2-4-5-3-1;;;;;/h5-9H,10H2,1-4H3,(H,18,23)(H,21,22);1-7,14,18H,17H2;2*7,9-10H,1-6H3;5-7H,1-4H3;1-4,6H;1-3H,9H2;4-6H2,1-3H3;1-3H3;2*1-4H2;1H4;2*1H;;/q;;2*-1;;;;;;;;;;;2*+2/p-2. The molecular weight excluding hydrogens is 2230 g/mol. The van der Waals surface area contributed by atoms with Crippen LogP contribution in [0.5, 0.6) is 0 Å². The molecular formula is C98H143Br4F8Mg2N11O11SSi6. The van der Waals surface area contributed by atoms with Crippen LogP contribution in [-0.2, 0) is 34.7 Å². The number of carboxylic acids is 1. The maximum absolute atomic E-state index is 13.9. The van der Waals surface area contributed by atoms with Crippen LogP contribution in [0.2, 0.25) is 118 Å². The topological polar surface area (TPSA) is 305 Å². The summed E-state index contributed by atoms with van der Waals surface area (Å²) in [6, 6.07) is 55.0. The third-order valence-electron chi connectivity index (χ3n) is 18.5. The van der Waals surface area contributed by atoms with Gasteiger partial charge in [0.25, 0.3) is 0 Å². The number of hydrogen-bond donors (Lipinski definition) is 5. The fourth-order valence-electron chi connectivity index (χ4n) is 12.7. The summed E-state index contributed by atoms with van der Waals surface area (Å²) in [4.78, 5) is 35.5. The number of anilines is 5. The Morgan fingerprint density at radius 1 is 0.589 bits per heavy atom. The second-order valence-electron chi connectivity index (χ2n) is 37.6. The molecule has 2 aliphatic heterocycles. The second kappa shape index (κ2) is 68.0. The van der Waals surface area contributed by atoms with E-state index in [9.17, 15) is 68.1 Å². The van der Waals surface area contributed by atoms with E-state index in [1.807, 2.05) is 31.3 Å². The zero-order valence-corrected chi connectivity index (χ0v) is 101. The smallest absolute Gasteiger partial charge is 1.00 e. The third-order valence-corrected chi connectivity index (χ3v) is 39.6. The number of aromatic nitrogens is 2. The van der Waals surface area contributed by atoms with Crippen LogP contribution in [0, 0.1) is 70.8 Å². The minimum atomic E-state index is -5.39. The molecule has 1 aromatic heterocycles. The summed E-state index contributed by atoms with van der Waals surface area (Å²) in [6.45, 7) is 59.3. The Morgan fingerprint density at radius 2 is 0.979 bits per heavy atom. The number of carbonyl (C=O) groups excluding carboxylic acids is 2. The minimum Gasteiger partial charge on any atom is -1.00 e. The second-order valence-corrected chi connectivity index (χ2v) is 70.8. The maximum atomic E-state index is 13.9. The number of hydrogen-bond acceptors (Lipinski definition) is 19. The van der Waals surface area contributed by atoms with E-state index in [0.717, 1.165) is 58.6 Å². The number of aliphatic hydroxyl groups excluding tert-OH is 1. The Morgan fingerprint density at radius 3 is 1.30 bits per heavy atom. The largest absolute Gasteiger partial charge is 2.00 e. The van der Waals surface area contributed by atoms with Crippen molar-refractivity contribution in [3.8, 4) is 17.8 Å². The average Bonchev–Trinajstić information content (AvgIpc) is 1.57. The van der Waals surface area contributed by atoms with Gasteiger partial charge in [-0.2, -0.15) is 73.6 Å². The number of ether oxygens (including phenoxy) is 3. The van der Waals surface area contributed by atoms with Crippen molar-refractivity contribution in [2.75, 3.05) is 77.6 Å². The third kappa shape index (κ3) is 56.7. The van der Waals surface area contributed by atoms with Crippen LogP contribution in [0.1, 0.15) is 135 Å². The molecule has 774 valence electrons. The molecule has 1 unspecified atom stereocenters. The summed E-state index contributed by atoms with van der Waals surface area (Å²) in [7, 11) is -13.9. The molecule has 141 heavy (non-hydrogen) atoms. The zero-order valence-electron chi connectivity index (χ0n) is 85.5. The molecule has 11 rings (SSSR count). The van der Waals surface area contributed by atoms with E-state index in [1.165, 1.54) is 124 Å². The van der Waals surface area contributed by atoms with E-state index in [2.05, 4.69) is 195 Å². The van der Waals surface area contributed by atoms with Crippen LogP contribution >= 0.6 is 31.9 Å². The van der Waals surface area contributed by atoms with E-state index in [1.54, 1.807) is 131 Å². The van der Waals surface area contributed by atoms with Gasteiger partial charge >= 0.3 is 73.8 Å². The van der Waals surface area contributed by atoms with Gasteiger partial charge < -0.3 is 97.0 Å². The number of aldehydes is 1.